The van der Waals surface area contributed by atoms with Gasteiger partial charge >= 0.3 is 6.18 Å². The van der Waals surface area contributed by atoms with Crippen LogP contribution in [0.4, 0.5) is 18.9 Å². The minimum absolute atomic E-state index is 0.333. The molecule has 0 aliphatic rings. The second-order valence-electron chi connectivity index (χ2n) is 5.82. The number of nitrogens with zero attached hydrogens (tertiary/aromatic N) is 1. The number of aliphatic hydroxyl groups excluding tert-OH is 1. The van der Waals surface area contributed by atoms with E-state index >= 15 is 0 Å². The van der Waals surface area contributed by atoms with E-state index in [1.807, 2.05) is 37.2 Å². The van der Waals surface area contributed by atoms with Gasteiger partial charge in [0.2, 0.25) is 0 Å². The predicted molar refractivity (Wildman–Crippen MR) is 87.3 cm³/mol. The Balaban J connectivity index is 2.06. The third kappa shape index (κ3) is 4.86. The number of nitrogens with one attached hydrogen (secondary N) is 1. The van der Waals surface area contributed by atoms with Crippen molar-refractivity contribution in [3.8, 4) is 0 Å². The minimum atomic E-state index is -4.46. The summed E-state index contributed by atoms with van der Waals surface area (Å²) in [6.45, 7) is -0.448. The van der Waals surface area contributed by atoms with Crippen molar-refractivity contribution in [3.63, 3.8) is 0 Å². The molecule has 24 heavy (non-hydrogen) atoms. The van der Waals surface area contributed by atoms with E-state index < -0.39 is 31.2 Å². The first kappa shape index (κ1) is 18.1. The molecule has 0 aliphatic heterocycles. The summed E-state index contributed by atoms with van der Waals surface area (Å²) in [6.07, 6.45) is -7.47. The fraction of sp³-hybridized carbons (Fsp3) is 0.353. The monoisotopic (exact) mass is 340 g/mol. The number of fused-ring (bicyclic) bond motifs is 1. The van der Waals surface area contributed by atoms with Crippen LogP contribution in [0.3, 0.4) is 0 Å². The molecular weight excluding hydrogens is 321 g/mol. The van der Waals surface area contributed by atoms with E-state index in [0.29, 0.717) is 5.56 Å². The molecule has 0 aliphatic carbocycles. The van der Waals surface area contributed by atoms with Gasteiger partial charge in [-0.15, -0.1) is 0 Å². The van der Waals surface area contributed by atoms with Crippen LogP contribution in [-0.4, -0.2) is 43.9 Å². The number of alkyl halides is 3. The zero-order valence-electron chi connectivity index (χ0n) is 13.4. The number of hydrogen-bond donors (Lipinski definition) is 2. The van der Waals surface area contributed by atoms with Gasteiger partial charge in [-0.25, -0.2) is 0 Å². The number of anilines is 1. The fourth-order valence-corrected chi connectivity index (χ4v) is 2.30. The molecule has 1 atom stereocenters. The van der Waals surface area contributed by atoms with Gasteiger partial charge in [-0.1, -0.05) is 12.1 Å². The molecule has 2 aromatic rings. The van der Waals surface area contributed by atoms with Crippen LogP contribution in [-0.2, 0) is 0 Å². The van der Waals surface area contributed by atoms with Crippen molar-refractivity contribution >= 4 is 22.4 Å². The molecule has 0 bridgehead atoms. The van der Waals surface area contributed by atoms with Gasteiger partial charge < -0.3 is 15.3 Å². The fourth-order valence-electron chi connectivity index (χ4n) is 2.30. The van der Waals surface area contributed by atoms with Crippen LogP contribution in [0.5, 0.6) is 0 Å². The lowest BCUT2D eigenvalue weighted by Gasteiger charge is -2.15. The van der Waals surface area contributed by atoms with Crippen LogP contribution in [0.2, 0.25) is 0 Å². The largest absolute Gasteiger partial charge is 0.391 e. The number of carbonyl (C=O) groups excluding carboxylic acids is 1. The lowest BCUT2D eigenvalue weighted by Crippen LogP contribution is -2.34. The van der Waals surface area contributed by atoms with Gasteiger partial charge in [-0.2, -0.15) is 13.2 Å². The maximum absolute atomic E-state index is 12.1. The molecule has 1 amide bonds. The molecule has 0 aromatic heterocycles. The quantitative estimate of drug-likeness (QED) is 0.880. The Morgan fingerprint density at radius 2 is 1.79 bits per heavy atom. The van der Waals surface area contributed by atoms with Crippen LogP contribution < -0.4 is 10.2 Å². The second kappa shape index (κ2) is 7.09. The van der Waals surface area contributed by atoms with E-state index in [9.17, 15) is 23.1 Å². The summed E-state index contributed by atoms with van der Waals surface area (Å²) in [5, 5.41) is 13.4. The SMILES string of the molecule is CN(C)c1ccc2cc(C(=O)NCC(O)CC(F)(F)F)ccc2c1. The van der Waals surface area contributed by atoms with Gasteiger partial charge in [0.25, 0.3) is 5.91 Å². The summed E-state index contributed by atoms with van der Waals surface area (Å²) >= 11 is 0. The Bertz CT molecular complexity index is 729. The zero-order valence-corrected chi connectivity index (χ0v) is 13.4. The number of hydrogen-bond acceptors (Lipinski definition) is 3. The smallest absolute Gasteiger partial charge is 0.391 e. The molecule has 0 heterocycles. The average molecular weight is 340 g/mol. The second-order valence-corrected chi connectivity index (χ2v) is 5.82. The number of amides is 1. The van der Waals surface area contributed by atoms with Gasteiger partial charge in [-0.05, 0) is 35.0 Å². The number of aliphatic hydroxyl groups is 1. The molecule has 0 spiro atoms. The summed E-state index contributed by atoms with van der Waals surface area (Å²) < 4.78 is 36.4. The molecule has 130 valence electrons. The van der Waals surface area contributed by atoms with E-state index in [0.717, 1.165) is 16.5 Å². The maximum Gasteiger partial charge on any atom is 0.391 e. The summed E-state index contributed by atoms with van der Waals surface area (Å²) in [5.41, 5.74) is 1.36. The van der Waals surface area contributed by atoms with Crippen LogP contribution in [0.15, 0.2) is 36.4 Å². The first-order chi connectivity index (χ1) is 11.2. The highest BCUT2D eigenvalue weighted by Crippen LogP contribution is 2.23. The lowest BCUT2D eigenvalue weighted by atomic mass is 10.1. The Morgan fingerprint density at radius 3 is 2.42 bits per heavy atom. The van der Waals surface area contributed by atoms with E-state index in [-0.39, 0.29) is 0 Å². The summed E-state index contributed by atoms with van der Waals surface area (Å²) in [6, 6.07) is 10.8. The van der Waals surface area contributed by atoms with E-state index in [1.54, 1.807) is 18.2 Å². The first-order valence-electron chi connectivity index (χ1n) is 7.40. The van der Waals surface area contributed by atoms with E-state index in [2.05, 4.69) is 5.32 Å². The molecule has 7 heteroatoms. The Hall–Kier alpha value is -2.28. The Kier molecular flexibility index (Phi) is 5.33. The van der Waals surface area contributed by atoms with Crippen LogP contribution in [0.25, 0.3) is 10.8 Å². The molecule has 4 nitrogen and oxygen atoms in total. The van der Waals surface area contributed by atoms with E-state index in [1.165, 1.54) is 0 Å². The van der Waals surface area contributed by atoms with Gasteiger partial charge in [0, 0.05) is 31.9 Å². The summed E-state index contributed by atoms with van der Waals surface area (Å²) in [4.78, 5) is 14.0. The van der Waals surface area contributed by atoms with Crippen molar-refractivity contribution in [2.75, 3.05) is 25.5 Å². The number of carbonyl (C=O) groups is 1. The van der Waals surface area contributed by atoms with Crippen molar-refractivity contribution in [3.05, 3.63) is 42.0 Å². The molecule has 0 fully saturated rings. The van der Waals surface area contributed by atoms with Crippen LogP contribution in [0.1, 0.15) is 16.8 Å². The first-order valence-corrected chi connectivity index (χ1v) is 7.40. The van der Waals surface area contributed by atoms with Crippen LogP contribution >= 0.6 is 0 Å². The molecular formula is C17H19F3N2O2. The van der Waals surface area contributed by atoms with Crippen molar-refractivity contribution in [2.24, 2.45) is 0 Å². The predicted octanol–water partition coefficient (Wildman–Crippen LogP) is 2.95. The number of rotatable bonds is 5. The number of halogens is 3. The maximum atomic E-state index is 12.1. The van der Waals surface area contributed by atoms with Crippen molar-refractivity contribution in [1.29, 1.82) is 0 Å². The molecule has 0 saturated heterocycles. The topological polar surface area (TPSA) is 52.6 Å². The third-order valence-electron chi connectivity index (χ3n) is 3.57. The third-order valence-corrected chi connectivity index (χ3v) is 3.57. The minimum Gasteiger partial charge on any atom is -0.391 e. The van der Waals surface area contributed by atoms with Crippen LogP contribution in [0, 0.1) is 0 Å². The van der Waals surface area contributed by atoms with Crippen molar-refractivity contribution in [2.45, 2.75) is 18.7 Å². The highest BCUT2D eigenvalue weighted by atomic mass is 19.4. The normalized spacial score (nSPS) is 12.9. The molecule has 0 saturated carbocycles. The standard InChI is InChI=1S/C17H19F3N2O2/c1-22(2)14-6-5-11-7-13(4-3-12(11)8-14)16(24)21-10-15(23)9-17(18,19)20/h3-8,15,23H,9-10H2,1-2H3,(H,21,24). The van der Waals surface area contributed by atoms with Gasteiger partial charge in [-0.3, -0.25) is 4.79 Å². The molecule has 2 N–H and O–H groups in total. The van der Waals surface area contributed by atoms with E-state index in [4.69, 9.17) is 0 Å². The molecule has 0 radical (unpaired) electrons. The zero-order chi connectivity index (χ0) is 17.9. The highest BCUT2D eigenvalue weighted by Gasteiger charge is 2.31. The molecule has 1 unspecified atom stereocenters. The summed E-state index contributed by atoms with van der Waals surface area (Å²) in [5.74, 6) is -0.519. The Morgan fingerprint density at radius 1 is 1.17 bits per heavy atom. The average Bonchev–Trinajstić information content (AvgIpc) is 2.49. The van der Waals surface area contributed by atoms with Gasteiger partial charge in [0.1, 0.15) is 0 Å². The lowest BCUT2D eigenvalue weighted by molar-refractivity contribution is -0.152. The number of benzene rings is 2. The van der Waals surface area contributed by atoms with Gasteiger partial charge in [0.15, 0.2) is 0 Å². The van der Waals surface area contributed by atoms with Crippen molar-refractivity contribution in [1.82, 2.24) is 5.32 Å². The van der Waals surface area contributed by atoms with Gasteiger partial charge in [0.05, 0.1) is 12.5 Å². The molecule has 2 rings (SSSR count). The highest BCUT2D eigenvalue weighted by molar-refractivity contribution is 5.99. The molecule has 2 aromatic carbocycles. The summed E-state index contributed by atoms with van der Waals surface area (Å²) in [7, 11) is 3.85. The Labute approximate surface area is 137 Å². The van der Waals surface area contributed by atoms with Crippen molar-refractivity contribution < 1.29 is 23.1 Å².